The van der Waals surface area contributed by atoms with Gasteiger partial charge in [0, 0.05) is 24.2 Å². The van der Waals surface area contributed by atoms with Crippen molar-refractivity contribution in [3.8, 4) is 0 Å². The predicted octanol–water partition coefficient (Wildman–Crippen LogP) is 3.68. The number of carbonyl (C=O) groups is 1. The molecule has 2 rings (SSSR count). The Morgan fingerprint density at radius 1 is 1.38 bits per heavy atom. The summed E-state index contributed by atoms with van der Waals surface area (Å²) in [7, 11) is 1.76. The first-order valence-corrected chi connectivity index (χ1v) is 7.80. The van der Waals surface area contributed by atoms with E-state index in [1.165, 1.54) is 11.3 Å². The smallest absolute Gasteiger partial charge is 0.259 e. The second-order valence-corrected chi connectivity index (χ2v) is 6.49. The first kappa shape index (κ1) is 15.7. The molecule has 21 heavy (non-hydrogen) atoms. The highest BCUT2D eigenvalue weighted by Crippen LogP contribution is 2.23. The Bertz CT molecular complexity index is 642. The molecule has 0 fully saturated rings. The average molecular weight is 325 g/mol. The van der Waals surface area contributed by atoms with Crippen LogP contribution in [0.3, 0.4) is 0 Å². The van der Waals surface area contributed by atoms with Gasteiger partial charge < -0.3 is 5.32 Å². The Morgan fingerprint density at radius 3 is 2.81 bits per heavy atom. The third kappa shape index (κ3) is 4.15. The van der Waals surface area contributed by atoms with Crippen molar-refractivity contribution in [3.05, 3.63) is 33.8 Å². The van der Waals surface area contributed by atoms with Gasteiger partial charge in [-0.3, -0.25) is 10.1 Å². The molecule has 2 N–H and O–H groups in total. The largest absolute Gasteiger partial charge is 0.387 e. The van der Waals surface area contributed by atoms with Crippen LogP contribution in [0.15, 0.2) is 18.2 Å². The van der Waals surface area contributed by atoms with Crippen LogP contribution >= 0.6 is 22.9 Å². The molecule has 0 atom stereocenters. The van der Waals surface area contributed by atoms with Crippen molar-refractivity contribution in [3.63, 3.8) is 0 Å². The lowest BCUT2D eigenvalue weighted by Crippen LogP contribution is -2.13. The molecule has 0 aliphatic heterocycles. The van der Waals surface area contributed by atoms with E-state index in [0.717, 1.165) is 11.4 Å². The van der Waals surface area contributed by atoms with Crippen LogP contribution in [0.5, 0.6) is 0 Å². The second kappa shape index (κ2) is 6.87. The van der Waals surface area contributed by atoms with Gasteiger partial charge >= 0.3 is 0 Å². The SMILES string of the molecule is CNc1ccc(Cl)cc1C(=O)Nc1nnc(CC(C)C)s1. The third-order valence-electron chi connectivity index (χ3n) is 2.77. The Hall–Kier alpha value is -1.66. The highest BCUT2D eigenvalue weighted by molar-refractivity contribution is 7.15. The maximum Gasteiger partial charge on any atom is 0.259 e. The van der Waals surface area contributed by atoms with Crippen LogP contribution in [0.1, 0.15) is 29.2 Å². The zero-order valence-corrected chi connectivity index (χ0v) is 13.7. The summed E-state index contributed by atoms with van der Waals surface area (Å²) in [5.41, 5.74) is 1.19. The Kier molecular flexibility index (Phi) is 5.14. The molecule has 0 bridgehead atoms. The Morgan fingerprint density at radius 2 is 2.14 bits per heavy atom. The van der Waals surface area contributed by atoms with Crippen molar-refractivity contribution in [2.24, 2.45) is 5.92 Å². The van der Waals surface area contributed by atoms with Gasteiger partial charge in [-0.05, 0) is 24.1 Å². The number of benzene rings is 1. The molecule has 0 aliphatic carbocycles. The summed E-state index contributed by atoms with van der Waals surface area (Å²) in [5, 5.41) is 15.7. The number of carbonyl (C=O) groups excluding carboxylic acids is 1. The molecular weight excluding hydrogens is 308 g/mol. The van der Waals surface area contributed by atoms with Crippen LogP contribution in [-0.4, -0.2) is 23.2 Å². The minimum Gasteiger partial charge on any atom is -0.387 e. The number of aromatic nitrogens is 2. The van der Waals surface area contributed by atoms with Gasteiger partial charge in [0.2, 0.25) is 5.13 Å². The normalized spacial score (nSPS) is 10.7. The van der Waals surface area contributed by atoms with Crippen LogP contribution in [0.4, 0.5) is 10.8 Å². The van der Waals surface area contributed by atoms with E-state index in [1.807, 2.05) is 0 Å². The molecule has 1 aromatic heterocycles. The van der Waals surface area contributed by atoms with Gasteiger partial charge in [0.1, 0.15) is 5.01 Å². The summed E-state index contributed by atoms with van der Waals surface area (Å²) in [6, 6.07) is 5.12. The van der Waals surface area contributed by atoms with E-state index in [-0.39, 0.29) is 5.91 Å². The summed E-state index contributed by atoms with van der Waals surface area (Å²) in [6.45, 7) is 4.23. The fraction of sp³-hybridized carbons (Fsp3) is 0.357. The maximum absolute atomic E-state index is 12.3. The molecule has 0 unspecified atom stereocenters. The molecule has 1 heterocycles. The first-order valence-electron chi connectivity index (χ1n) is 6.60. The summed E-state index contributed by atoms with van der Waals surface area (Å²) in [5.74, 6) is 0.249. The second-order valence-electron chi connectivity index (χ2n) is 4.99. The molecule has 2 aromatic rings. The van der Waals surface area contributed by atoms with Gasteiger partial charge in [0.25, 0.3) is 5.91 Å². The molecule has 0 saturated heterocycles. The number of nitrogens with zero attached hydrogens (tertiary/aromatic N) is 2. The number of anilines is 2. The number of hydrogen-bond acceptors (Lipinski definition) is 5. The van der Waals surface area contributed by atoms with Crippen molar-refractivity contribution in [1.82, 2.24) is 10.2 Å². The summed E-state index contributed by atoms with van der Waals surface area (Å²) >= 11 is 7.34. The van der Waals surface area contributed by atoms with Crippen molar-refractivity contribution in [1.29, 1.82) is 0 Å². The molecule has 5 nitrogen and oxygen atoms in total. The van der Waals surface area contributed by atoms with Gasteiger partial charge in [-0.1, -0.05) is 36.8 Å². The van der Waals surface area contributed by atoms with Crippen molar-refractivity contribution in [2.45, 2.75) is 20.3 Å². The minimum absolute atomic E-state index is 0.255. The number of amides is 1. The standard InChI is InChI=1S/C14H17ClN4OS/c1-8(2)6-12-18-19-14(21-12)17-13(20)10-7-9(15)4-5-11(10)16-3/h4-5,7-8,16H,6H2,1-3H3,(H,17,19,20). The van der Waals surface area contributed by atoms with Crippen LogP contribution in [0, 0.1) is 5.92 Å². The van der Waals surface area contributed by atoms with E-state index in [2.05, 4.69) is 34.7 Å². The highest BCUT2D eigenvalue weighted by atomic mass is 35.5. The molecule has 112 valence electrons. The van der Waals surface area contributed by atoms with Crippen molar-refractivity contribution >= 4 is 39.7 Å². The molecule has 0 aliphatic rings. The first-order chi connectivity index (χ1) is 9.99. The molecule has 7 heteroatoms. The summed E-state index contributed by atoms with van der Waals surface area (Å²) < 4.78 is 0. The van der Waals surface area contributed by atoms with E-state index in [1.54, 1.807) is 25.2 Å². The fourth-order valence-electron chi connectivity index (χ4n) is 1.82. The van der Waals surface area contributed by atoms with Crippen molar-refractivity contribution < 1.29 is 4.79 Å². The number of halogens is 1. The van der Waals surface area contributed by atoms with Gasteiger partial charge in [-0.25, -0.2) is 0 Å². The quantitative estimate of drug-likeness (QED) is 0.880. The predicted molar refractivity (Wildman–Crippen MR) is 87.4 cm³/mol. The summed E-state index contributed by atoms with van der Waals surface area (Å²) in [4.78, 5) is 12.3. The zero-order chi connectivity index (χ0) is 15.4. The van der Waals surface area contributed by atoms with Gasteiger partial charge in [-0.2, -0.15) is 0 Å². The van der Waals surface area contributed by atoms with Crippen LogP contribution < -0.4 is 10.6 Å². The van der Waals surface area contributed by atoms with E-state index in [4.69, 9.17) is 11.6 Å². The van der Waals surface area contributed by atoms with Crippen LogP contribution in [0.25, 0.3) is 0 Å². The molecule has 1 aromatic carbocycles. The van der Waals surface area contributed by atoms with Crippen LogP contribution in [0.2, 0.25) is 5.02 Å². The molecule has 1 amide bonds. The Balaban J connectivity index is 2.14. The molecule has 0 spiro atoms. The lowest BCUT2D eigenvalue weighted by atomic mass is 10.1. The van der Waals surface area contributed by atoms with E-state index >= 15 is 0 Å². The summed E-state index contributed by atoms with van der Waals surface area (Å²) in [6.07, 6.45) is 0.854. The van der Waals surface area contributed by atoms with Gasteiger partial charge in [0.15, 0.2) is 0 Å². The van der Waals surface area contributed by atoms with E-state index in [9.17, 15) is 4.79 Å². The highest BCUT2D eigenvalue weighted by Gasteiger charge is 2.14. The molecule has 0 saturated carbocycles. The zero-order valence-electron chi connectivity index (χ0n) is 12.1. The van der Waals surface area contributed by atoms with Crippen LogP contribution in [-0.2, 0) is 6.42 Å². The number of rotatable bonds is 5. The van der Waals surface area contributed by atoms with Crippen molar-refractivity contribution in [2.75, 3.05) is 17.7 Å². The lowest BCUT2D eigenvalue weighted by molar-refractivity contribution is 0.102. The van der Waals surface area contributed by atoms with Gasteiger partial charge in [0.05, 0.1) is 5.56 Å². The minimum atomic E-state index is -0.255. The fourth-order valence-corrected chi connectivity index (χ4v) is 2.94. The maximum atomic E-state index is 12.3. The van der Waals surface area contributed by atoms with Gasteiger partial charge in [-0.15, -0.1) is 10.2 Å². The lowest BCUT2D eigenvalue weighted by Gasteiger charge is -2.08. The average Bonchev–Trinajstić information content (AvgIpc) is 2.85. The molecular formula is C14H17ClN4OS. The third-order valence-corrected chi connectivity index (χ3v) is 3.86. The topological polar surface area (TPSA) is 66.9 Å². The number of hydrogen-bond donors (Lipinski definition) is 2. The van der Waals surface area contributed by atoms with E-state index in [0.29, 0.717) is 27.3 Å². The molecule has 0 radical (unpaired) electrons. The monoisotopic (exact) mass is 324 g/mol. The van der Waals surface area contributed by atoms with E-state index < -0.39 is 0 Å². The Labute approximate surface area is 132 Å². The number of nitrogens with one attached hydrogen (secondary N) is 2.